The van der Waals surface area contributed by atoms with Gasteiger partial charge >= 0.3 is 12.1 Å². The number of anilines is 3. The second-order valence-electron chi connectivity index (χ2n) is 9.54. The predicted octanol–water partition coefficient (Wildman–Crippen LogP) is 3.08. The Kier molecular flexibility index (Phi) is 7.06. The Hall–Kier alpha value is -4.85. The molecule has 14 nitrogen and oxygen atoms in total. The SMILES string of the molecule is O=C(Nc1ccc(-c2nc(N3CCOCC3)c3cnn(C4CCN(C(=O)O)CC4)c3n2)cc1)Nc1cnccn1. The molecule has 0 bridgehead atoms. The number of carbonyl (C=O) groups is 2. The van der Waals surface area contributed by atoms with Crippen molar-refractivity contribution in [1.29, 1.82) is 0 Å². The van der Waals surface area contributed by atoms with Gasteiger partial charge < -0.3 is 25.0 Å². The molecule has 2 fully saturated rings. The lowest BCUT2D eigenvalue weighted by molar-refractivity contribution is 0.122. The number of piperidine rings is 1. The van der Waals surface area contributed by atoms with E-state index in [0.717, 1.165) is 16.8 Å². The van der Waals surface area contributed by atoms with E-state index in [1.807, 2.05) is 16.8 Å². The minimum Gasteiger partial charge on any atom is -0.465 e. The molecule has 2 aliphatic heterocycles. The summed E-state index contributed by atoms with van der Waals surface area (Å²) >= 11 is 0. The number of carboxylic acid groups (broad SMARTS) is 1. The number of nitrogens with one attached hydrogen (secondary N) is 2. The van der Waals surface area contributed by atoms with Crippen molar-refractivity contribution in [3.63, 3.8) is 0 Å². The van der Waals surface area contributed by atoms with Crippen LogP contribution in [0.4, 0.5) is 26.9 Å². The van der Waals surface area contributed by atoms with Crippen LogP contribution in [0.2, 0.25) is 0 Å². The van der Waals surface area contributed by atoms with Gasteiger partial charge in [-0.05, 0) is 37.1 Å². The zero-order valence-electron chi connectivity index (χ0n) is 21.6. The smallest absolute Gasteiger partial charge is 0.407 e. The monoisotopic (exact) mass is 544 g/mol. The molecule has 2 saturated heterocycles. The highest BCUT2D eigenvalue weighted by molar-refractivity contribution is 5.99. The Labute approximate surface area is 229 Å². The standard InChI is InChI=1S/C26H28N10O4/c37-25(31-21-16-27-7-8-28-21)30-18-3-1-17(2-4-18)22-32-23(34-11-13-40-14-12-34)20-15-29-36(24(20)33-22)19-5-9-35(10-6-19)26(38)39/h1-4,7-8,15-16,19H,5-6,9-14H2,(H,38,39)(H2,28,30,31,37). The molecule has 14 heteroatoms. The summed E-state index contributed by atoms with van der Waals surface area (Å²) in [6.45, 7) is 3.54. The zero-order chi connectivity index (χ0) is 27.5. The van der Waals surface area contributed by atoms with Gasteiger partial charge in [-0.25, -0.2) is 29.2 Å². The second-order valence-corrected chi connectivity index (χ2v) is 9.54. The Morgan fingerprint density at radius 2 is 1.73 bits per heavy atom. The first kappa shape index (κ1) is 25.4. The molecule has 0 unspecified atom stereocenters. The van der Waals surface area contributed by atoms with E-state index in [1.54, 1.807) is 18.3 Å². The van der Waals surface area contributed by atoms with E-state index >= 15 is 0 Å². The molecule has 3 aromatic heterocycles. The fraction of sp³-hybridized carbons (Fsp3) is 0.346. The van der Waals surface area contributed by atoms with Crippen molar-refractivity contribution in [2.45, 2.75) is 18.9 Å². The number of likely N-dealkylation sites (tertiary alicyclic amines) is 1. The molecule has 0 saturated carbocycles. The van der Waals surface area contributed by atoms with Crippen LogP contribution in [0.1, 0.15) is 18.9 Å². The van der Waals surface area contributed by atoms with E-state index in [1.165, 1.54) is 23.5 Å². The molecule has 0 aliphatic carbocycles. The van der Waals surface area contributed by atoms with Gasteiger partial charge in [-0.1, -0.05) is 0 Å². The highest BCUT2D eigenvalue weighted by Gasteiger charge is 2.27. The van der Waals surface area contributed by atoms with Crippen molar-refractivity contribution >= 4 is 40.5 Å². The van der Waals surface area contributed by atoms with Gasteiger partial charge in [0.15, 0.2) is 17.3 Å². The molecule has 0 atom stereocenters. The molecular weight excluding hydrogens is 516 g/mol. The summed E-state index contributed by atoms with van der Waals surface area (Å²) in [6.07, 6.45) is 6.71. The van der Waals surface area contributed by atoms with Gasteiger partial charge in [-0.3, -0.25) is 10.3 Å². The fourth-order valence-corrected chi connectivity index (χ4v) is 4.97. The summed E-state index contributed by atoms with van der Waals surface area (Å²) in [5.74, 6) is 1.68. The number of aromatic nitrogens is 6. The number of carbonyl (C=O) groups excluding carboxylic acids is 1. The topological polar surface area (TPSA) is 164 Å². The number of ether oxygens (including phenoxy) is 1. The number of hydrogen-bond acceptors (Lipinski definition) is 9. The molecule has 3 N–H and O–H groups in total. The van der Waals surface area contributed by atoms with Crippen LogP contribution in [0, 0.1) is 0 Å². The first-order chi connectivity index (χ1) is 19.5. The molecule has 2 aliphatic rings. The van der Waals surface area contributed by atoms with Crippen molar-refractivity contribution < 1.29 is 19.4 Å². The Morgan fingerprint density at radius 3 is 2.42 bits per heavy atom. The predicted molar refractivity (Wildman–Crippen MR) is 146 cm³/mol. The zero-order valence-corrected chi connectivity index (χ0v) is 21.6. The van der Waals surface area contributed by atoms with Gasteiger partial charge in [-0.15, -0.1) is 0 Å². The van der Waals surface area contributed by atoms with Crippen molar-refractivity contribution in [2.24, 2.45) is 0 Å². The maximum atomic E-state index is 12.3. The van der Waals surface area contributed by atoms with Crippen LogP contribution >= 0.6 is 0 Å². The van der Waals surface area contributed by atoms with Crippen molar-refractivity contribution in [1.82, 2.24) is 34.6 Å². The molecule has 1 aromatic carbocycles. The third kappa shape index (κ3) is 5.33. The van der Waals surface area contributed by atoms with Crippen LogP contribution in [-0.2, 0) is 4.74 Å². The number of rotatable bonds is 5. The summed E-state index contributed by atoms with van der Waals surface area (Å²) in [5, 5.41) is 20.3. The van der Waals surface area contributed by atoms with Crippen molar-refractivity contribution in [3.05, 3.63) is 49.1 Å². The van der Waals surface area contributed by atoms with Gasteiger partial charge in [-0.2, -0.15) is 5.10 Å². The normalized spacial score (nSPS) is 16.2. The summed E-state index contributed by atoms with van der Waals surface area (Å²) in [4.78, 5) is 45.2. The molecule has 4 aromatic rings. The van der Waals surface area contributed by atoms with Gasteiger partial charge in [0, 0.05) is 49.8 Å². The number of hydrogen-bond donors (Lipinski definition) is 3. The summed E-state index contributed by atoms with van der Waals surface area (Å²) in [5.41, 5.74) is 2.09. The number of fused-ring (bicyclic) bond motifs is 1. The number of amides is 3. The van der Waals surface area contributed by atoms with E-state index in [4.69, 9.17) is 14.7 Å². The van der Waals surface area contributed by atoms with Crippen molar-refractivity contribution in [3.8, 4) is 11.4 Å². The molecule has 3 amide bonds. The average Bonchev–Trinajstić information content (AvgIpc) is 3.42. The minimum atomic E-state index is -0.896. The van der Waals surface area contributed by atoms with Gasteiger partial charge in [0.25, 0.3) is 0 Å². The molecule has 0 spiro atoms. The molecule has 40 heavy (non-hydrogen) atoms. The van der Waals surface area contributed by atoms with E-state index < -0.39 is 12.1 Å². The summed E-state index contributed by atoms with van der Waals surface area (Å²) in [6, 6.07) is 6.88. The van der Waals surface area contributed by atoms with Crippen LogP contribution in [0.15, 0.2) is 49.1 Å². The number of urea groups is 1. The van der Waals surface area contributed by atoms with Crippen LogP contribution in [0.5, 0.6) is 0 Å². The molecule has 5 heterocycles. The lowest BCUT2D eigenvalue weighted by Crippen LogP contribution is -2.38. The molecular formula is C26H28N10O4. The number of nitrogens with zero attached hydrogens (tertiary/aromatic N) is 8. The minimum absolute atomic E-state index is 0.0350. The first-order valence-corrected chi connectivity index (χ1v) is 13.1. The first-order valence-electron chi connectivity index (χ1n) is 13.1. The van der Waals surface area contributed by atoms with Crippen LogP contribution in [-0.4, -0.2) is 91.2 Å². The van der Waals surface area contributed by atoms with Gasteiger partial charge in [0.2, 0.25) is 0 Å². The highest BCUT2D eigenvalue weighted by atomic mass is 16.5. The fourth-order valence-electron chi connectivity index (χ4n) is 4.97. The van der Waals surface area contributed by atoms with Crippen LogP contribution in [0.3, 0.4) is 0 Å². The maximum absolute atomic E-state index is 12.3. The third-order valence-electron chi connectivity index (χ3n) is 7.03. The number of morpholine rings is 1. The molecule has 206 valence electrons. The largest absolute Gasteiger partial charge is 0.465 e. The van der Waals surface area contributed by atoms with Gasteiger partial charge in [0.1, 0.15) is 5.82 Å². The van der Waals surface area contributed by atoms with E-state index in [9.17, 15) is 14.7 Å². The van der Waals surface area contributed by atoms with Gasteiger partial charge in [0.05, 0.1) is 37.0 Å². The van der Waals surface area contributed by atoms with E-state index in [0.29, 0.717) is 75.2 Å². The molecule has 0 radical (unpaired) electrons. The summed E-state index contributed by atoms with van der Waals surface area (Å²) < 4.78 is 7.47. The molecule has 6 rings (SSSR count). The Balaban J connectivity index is 1.28. The summed E-state index contributed by atoms with van der Waals surface area (Å²) in [7, 11) is 0. The van der Waals surface area contributed by atoms with Crippen LogP contribution in [0.25, 0.3) is 22.4 Å². The van der Waals surface area contributed by atoms with E-state index in [2.05, 4.69) is 30.6 Å². The average molecular weight is 545 g/mol. The Bertz CT molecular complexity index is 1500. The lowest BCUT2D eigenvalue weighted by Gasteiger charge is -2.30. The lowest BCUT2D eigenvalue weighted by atomic mass is 10.1. The second kappa shape index (κ2) is 11.1. The van der Waals surface area contributed by atoms with Crippen LogP contribution < -0.4 is 15.5 Å². The highest BCUT2D eigenvalue weighted by Crippen LogP contribution is 2.32. The maximum Gasteiger partial charge on any atom is 0.407 e. The third-order valence-corrected chi connectivity index (χ3v) is 7.03. The van der Waals surface area contributed by atoms with E-state index in [-0.39, 0.29) is 6.04 Å². The Morgan fingerprint density at radius 1 is 0.950 bits per heavy atom. The number of benzene rings is 1. The van der Waals surface area contributed by atoms with Crippen molar-refractivity contribution in [2.75, 3.05) is 54.9 Å². The quantitative estimate of drug-likeness (QED) is 0.340.